The molecule has 1 amide bonds. The summed E-state index contributed by atoms with van der Waals surface area (Å²) in [7, 11) is 1.50. The first kappa shape index (κ1) is 18.9. The molecule has 0 N–H and O–H groups in total. The van der Waals surface area contributed by atoms with Crippen molar-refractivity contribution >= 4 is 11.9 Å². The molecule has 2 fully saturated rings. The molecule has 0 unspecified atom stereocenters. The summed E-state index contributed by atoms with van der Waals surface area (Å²) in [6.45, 7) is 1.36. The lowest BCUT2D eigenvalue weighted by Gasteiger charge is -2.44. The number of amides is 1. The first-order valence-electron chi connectivity index (χ1n) is 10.1. The second-order valence-corrected chi connectivity index (χ2v) is 7.62. The number of methoxy groups -OCH3 is 1. The molecule has 7 nitrogen and oxygen atoms in total. The predicted octanol–water partition coefficient (Wildman–Crippen LogP) is 2.80. The Balaban J connectivity index is 1.40. The van der Waals surface area contributed by atoms with Crippen molar-refractivity contribution in [3.8, 4) is 17.2 Å². The third kappa shape index (κ3) is 3.75. The van der Waals surface area contributed by atoms with Crippen molar-refractivity contribution in [2.24, 2.45) is 5.92 Å². The fourth-order valence-electron chi connectivity index (χ4n) is 4.62. The average molecular weight is 389 g/mol. The molecule has 0 aromatic heterocycles. The molecule has 7 heteroatoms. The molecule has 3 aliphatic rings. The highest BCUT2D eigenvalue weighted by atomic mass is 16.6. The molecule has 4 rings (SSSR count). The second-order valence-electron chi connectivity index (χ2n) is 7.62. The molecule has 0 radical (unpaired) electrons. The van der Waals surface area contributed by atoms with E-state index in [2.05, 4.69) is 0 Å². The summed E-state index contributed by atoms with van der Waals surface area (Å²) in [4.78, 5) is 27.2. The molecular weight excluding hydrogens is 362 g/mol. The molecule has 28 heavy (non-hydrogen) atoms. The predicted molar refractivity (Wildman–Crippen MR) is 101 cm³/mol. The molecule has 0 bridgehead atoms. The van der Waals surface area contributed by atoms with Crippen molar-refractivity contribution in [3.63, 3.8) is 0 Å². The molecule has 1 aromatic rings. The van der Waals surface area contributed by atoms with Crippen LogP contribution >= 0.6 is 0 Å². The van der Waals surface area contributed by atoms with E-state index in [-0.39, 0.29) is 18.1 Å². The van der Waals surface area contributed by atoms with E-state index in [4.69, 9.17) is 18.9 Å². The summed E-state index contributed by atoms with van der Waals surface area (Å²) in [5, 5.41) is 0. The van der Waals surface area contributed by atoms with Crippen LogP contribution in [0.3, 0.4) is 0 Å². The van der Waals surface area contributed by atoms with Crippen molar-refractivity contribution in [2.45, 2.75) is 44.6 Å². The Kier molecular flexibility index (Phi) is 5.59. The molecular formula is C21H27NO6. The van der Waals surface area contributed by atoms with Gasteiger partial charge in [0, 0.05) is 12.6 Å². The van der Waals surface area contributed by atoms with E-state index in [9.17, 15) is 9.59 Å². The van der Waals surface area contributed by atoms with Gasteiger partial charge in [0.1, 0.15) is 13.2 Å². The Morgan fingerprint density at radius 3 is 2.75 bits per heavy atom. The van der Waals surface area contributed by atoms with E-state index in [0.717, 1.165) is 19.4 Å². The molecule has 1 aromatic carbocycles. The minimum Gasteiger partial charge on any atom is -0.493 e. The van der Waals surface area contributed by atoms with Crippen LogP contribution in [-0.2, 0) is 9.53 Å². The molecule has 152 valence electrons. The molecule has 2 atom stereocenters. The summed E-state index contributed by atoms with van der Waals surface area (Å²) in [5.41, 5.74) is 0.281. The zero-order valence-corrected chi connectivity index (χ0v) is 16.3. The summed E-state index contributed by atoms with van der Waals surface area (Å²) in [5.74, 6) is 1.28. The number of likely N-dealkylation sites (tertiary alicyclic amines) is 1. The van der Waals surface area contributed by atoms with Crippen LogP contribution in [0.25, 0.3) is 0 Å². The van der Waals surface area contributed by atoms with Crippen LogP contribution in [0, 0.1) is 5.92 Å². The number of fused-ring (bicyclic) bond motifs is 2. The van der Waals surface area contributed by atoms with E-state index in [0.29, 0.717) is 42.4 Å². The SMILES string of the molecule is COc1cc(C(=O)OCC(=O)N2CCC[C@@H]3CCCC[C@@H]32)cc2c1OCCO2. The van der Waals surface area contributed by atoms with Gasteiger partial charge in [-0.15, -0.1) is 0 Å². The monoisotopic (exact) mass is 389 g/mol. The van der Waals surface area contributed by atoms with Crippen LogP contribution in [-0.4, -0.2) is 56.3 Å². The second kappa shape index (κ2) is 8.29. The Bertz CT molecular complexity index is 729. The van der Waals surface area contributed by atoms with Crippen LogP contribution in [0.5, 0.6) is 17.2 Å². The van der Waals surface area contributed by atoms with E-state index in [1.807, 2.05) is 4.90 Å². The summed E-state index contributed by atoms with van der Waals surface area (Å²) in [6, 6.07) is 3.43. The Morgan fingerprint density at radius 2 is 1.89 bits per heavy atom. The Labute approximate surface area is 164 Å². The lowest BCUT2D eigenvalue weighted by molar-refractivity contribution is -0.140. The number of nitrogens with zero attached hydrogens (tertiary/aromatic N) is 1. The summed E-state index contributed by atoms with van der Waals surface area (Å²) in [6.07, 6.45) is 6.91. The number of carbonyl (C=O) groups excluding carboxylic acids is 2. The van der Waals surface area contributed by atoms with Gasteiger partial charge >= 0.3 is 5.97 Å². The lowest BCUT2D eigenvalue weighted by atomic mass is 9.78. The summed E-state index contributed by atoms with van der Waals surface area (Å²) < 4.78 is 21.7. The molecule has 1 saturated carbocycles. The van der Waals surface area contributed by atoms with Gasteiger partial charge in [0.25, 0.3) is 5.91 Å². The van der Waals surface area contributed by atoms with Gasteiger partial charge in [-0.25, -0.2) is 4.79 Å². The van der Waals surface area contributed by atoms with Gasteiger partial charge in [-0.05, 0) is 43.7 Å². The van der Waals surface area contributed by atoms with Gasteiger partial charge in [-0.2, -0.15) is 0 Å². The Morgan fingerprint density at radius 1 is 1.11 bits per heavy atom. The fourth-order valence-corrected chi connectivity index (χ4v) is 4.62. The number of hydrogen-bond acceptors (Lipinski definition) is 6. The smallest absolute Gasteiger partial charge is 0.338 e. The highest BCUT2D eigenvalue weighted by Gasteiger charge is 2.36. The summed E-state index contributed by atoms with van der Waals surface area (Å²) >= 11 is 0. The van der Waals surface area contributed by atoms with Gasteiger partial charge in [0.15, 0.2) is 18.1 Å². The maximum atomic E-state index is 12.7. The maximum absolute atomic E-state index is 12.7. The third-order valence-corrected chi connectivity index (χ3v) is 5.95. The van der Waals surface area contributed by atoms with Crippen LogP contribution in [0.2, 0.25) is 0 Å². The number of carbonyl (C=O) groups is 2. The van der Waals surface area contributed by atoms with Gasteiger partial charge < -0.3 is 23.8 Å². The minimum atomic E-state index is -0.569. The molecule has 2 heterocycles. The Hall–Kier alpha value is -2.44. The van der Waals surface area contributed by atoms with Crippen LogP contribution < -0.4 is 14.2 Å². The topological polar surface area (TPSA) is 74.3 Å². The number of ether oxygens (including phenoxy) is 4. The zero-order chi connectivity index (χ0) is 19.5. The minimum absolute atomic E-state index is 0.102. The number of esters is 1. The van der Waals surface area contributed by atoms with Crippen LogP contribution in [0.1, 0.15) is 48.9 Å². The molecule has 1 aliphatic carbocycles. The maximum Gasteiger partial charge on any atom is 0.338 e. The van der Waals surface area contributed by atoms with Gasteiger partial charge in [0.2, 0.25) is 5.75 Å². The first-order chi connectivity index (χ1) is 13.7. The van der Waals surface area contributed by atoms with Gasteiger partial charge in [0.05, 0.1) is 12.7 Å². The average Bonchev–Trinajstić information content (AvgIpc) is 2.76. The van der Waals surface area contributed by atoms with Crippen LogP contribution in [0.15, 0.2) is 12.1 Å². The van der Waals surface area contributed by atoms with Gasteiger partial charge in [-0.3, -0.25) is 4.79 Å². The largest absolute Gasteiger partial charge is 0.493 e. The van der Waals surface area contributed by atoms with Gasteiger partial charge in [-0.1, -0.05) is 12.8 Å². The molecule has 2 aliphatic heterocycles. The number of benzene rings is 1. The quantitative estimate of drug-likeness (QED) is 0.738. The fraction of sp³-hybridized carbons (Fsp3) is 0.619. The number of rotatable bonds is 4. The third-order valence-electron chi connectivity index (χ3n) is 5.95. The number of hydrogen-bond donors (Lipinski definition) is 0. The van der Waals surface area contributed by atoms with Crippen molar-refractivity contribution in [1.82, 2.24) is 4.90 Å². The number of piperidine rings is 1. The van der Waals surface area contributed by atoms with Crippen molar-refractivity contribution < 1.29 is 28.5 Å². The van der Waals surface area contributed by atoms with E-state index < -0.39 is 5.97 Å². The zero-order valence-electron chi connectivity index (χ0n) is 16.3. The van der Waals surface area contributed by atoms with Crippen LogP contribution in [0.4, 0.5) is 0 Å². The van der Waals surface area contributed by atoms with E-state index in [1.165, 1.54) is 32.8 Å². The van der Waals surface area contributed by atoms with Crippen molar-refractivity contribution in [1.29, 1.82) is 0 Å². The first-order valence-corrected chi connectivity index (χ1v) is 10.1. The highest BCUT2D eigenvalue weighted by Crippen LogP contribution is 2.40. The highest BCUT2D eigenvalue weighted by molar-refractivity contribution is 5.93. The van der Waals surface area contributed by atoms with Crippen molar-refractivity contribution in [3.05, 3.63) is 17.7 Å². The normalized spacial score (nSPS) is 23.5. The molecule has 0 spiro atoms. The van der Waals surface area contributed by atoms with E-state index in [1.54, 1.807) is 12.1 Å². The lowest BCUT2D eigenvalue weighted by Crippen LogP contribution is -2.50. The van der Waals surface area contributed by atoms with E-state index >= 15 is 0 Å². The van der Waals surface area contributed by atoms with Crippen molar-refractivity contribution in [2.75, 3.05) is 33.5 Å². The molecule has 1 saturated heterocycles. The standard InChI is InChI=1S/C21H27NO6/c1-25-17-11-15(12-18-20(17)27-10-9-26-18)21(24)28-13-19(23)22-8-4-6-14-5-2-3-7-16(14)22/h11-12,14,16H,2-10,13H2,1H3/t14-,16-/m0/s1.